The van der Waals surface area contributed by atoms with Crippen molar-refractivity contribution >= 4 is 12.0 Å². The van der Waals surface area contributed by atoms with Crippen molar-refractivity contribution in [2.45, 2.75) is 45.6 Å². The van der Waals surface area contributed by atoms with Gasteiger partial charge in [-0.25, -0.2) is 9.59 Å². The number of hydrogen-bond donors (Lipinski definition) is 2. The molecule has 0 spiro atoms. The van der Waals surface area contributed by atoms with Crippen molar-refractivity contribution < 1.29 is 14.7 Å². The van der Waals surface area contributed by atoms with Gasteiger partial charge >= 0.3 is 12.0 Å². The zero-order valence-corrected chi connectivity index (χ0v) is 11.8. The number of carbonyl (C=O) groups is 2. The molecule has 106 valence electrons. The Hall–Kier alpha value is -1.52. The molecule has 1 aliphatic carbocycles. The summed E-state index contributed by atoms with van der Waals surface area (Å²) in [5.74, 6) is -0.927. The third-order valence-corrected chi connectivity index (χ3v) is 3.97. The van der Waals surface area contributed by atoms with Crippen LogP contribution in [-0.2, 0) is 4.79 Å². The SMILES string of the molecule is CC(C)(C)C1=CCN(C(=O)NC2(C(=O)O)CC2)CC1. The molecule has 0 aromatic heterocycles. The number of aliphatic carboxylic acids is 1. The van der Waals surface area contributed by atoms with E-state index in [1.54, 1.807) is 4.90 Å². The summed E-state index contributed by atoms with van der Waals surface area (Å²) in [5.41, 5.74) is 0.503. The Kier molecular flexibility index (Phi) is 3.32. The van der Waals surface area contributed by atoms with Crippen LogP contribution in [0.25, 0.3) is 0 Å². The number of carboxylic acid groups (broad SMARTS) is 1. The number of urea groups is 1. The van der Waals surface area contributed by atoms with Gasteiger partial charge in [0.05, 0.1) is 0 Å². The number of amides is 2. The number of nitrogens with one attached hydrogen (secondary N) is 1. The highest BCUT2D eigenvalue weighted by Crippen LogP contribution is 2.36. The Morgan fingerprint density at radius 3 is 2.37 bits per heavy atom. The summed E-state index contributed by atoms with van der Waals surface area (Å²) in [7, 11) is 0. The molecular formula is C14H22N2O3. The van der Waals surface area contributed by atoms with E-state index in [1.165, 1.54) is 5.57 Å². The van der Waals surface area contributed by atoms with E-state index < -0.39 is 11.5 Å². The van der Waals surface area contributed by atoms with Gasteiger partial charge in [-0.2, -0.15) is 0 Å². The molecule has 1 fully saturated rings. The normalized spacial score (nSPS) is 21.6. The van der Waals surface area contributed by atoms with Crippen LogP contribution < -0.4 is 5.32 Å². The zero-order valence-electron chi connectivity index (χ0n) is 11.8. The van der Waals surface area contributed by atoms with Crippen molar-refractivity contribution in [1.29, 1.82) is 0 Å². The fourth-order valence-electron chi connectivity index (χ4n) is 2.34. The summed E-state index contributed by atoms with van der Waals surface area (Å²) >= 11 is 0. The summed E-state index contributed by atoms with van der Waals surface area (Å²) in [5, 5.41) is 11.7. The first-order valence-corrected chi connectivity index (χ1v) is 6.75. The van der Waals surface area contributed by atoms with Crippen LogP contribution in [-0.4, -0.2) is 40.6 Å². The largest absolute Gasteiger partial charge is 0.480 e. The van der Waals surface area contributed by atoms with Gasteiger partial charge in [0.25, 0.3) is 0 Å². The van der Waals surface area contributed by atoms with E-state index in [9.17, 15) is 9.59 Å². The van der Waals surface area contributed by atoms with E-state index in [2.05, 4.69) is 32.2 Å². The lowest BCUT2D eigenvalue weighted by atomic mass is 9.83. The fourth-order valence-corrected chi connectivity index (χ4v) is 2.34. The van der Waals surface area contributed by atoms with Crippen molar-refractivity contribution in [3.05, 3.63) is 11.6 Å². The second kappa shape index (κ2) is 4.54. The van der Waals surface area contributed by atoms with Gasteiger partial charge in [-0.3, -0.25) is 0 Å². The van der Waals surface area contributed by atoms with Crippen LogP contribution in [0.15, 0.2) is 11.6 Å². The first-order chi connectivity index (χ1) is 8.74. The summed E-state index contributed by atoms with van der Waals surface area (Å²) in [6.07, 6.45) is 4.01. The lowest BCUT2D eigenvalue weighted by molar-refractivity contribution is -0.140. The van der Waals surface area contributed by atoms with Crippen LogP contribution in [0.1, 0.15) is 40.0 Å². The Balaban J connectivity index is 1.93. The molecule has 5 nitrogen and oxygen atoms in total. The van der Waals surface area contributed by atoms with Crippen LogP contribution in [0.5, 0.6) is 0 Å². The van der Waals surface area contributed by atoms with Crippen LogP contribution in [0, 0.1) is 5.41 Å². The molecule has 0 unspecified atom stereocenters. The maximum absolute atomic E-state index is 12.0. The molecule has 0 bridgehead atoms. The topological polar surface area (TPSA) is 69.6 Å². The first-order valence-electron chi connectivity index (χ1n) is 6.75. The molecule has 1 aliphatic heterocycles. The molecule has 0 aromatic rings. The van der Waals surface area contributed by atoms with Crippen LogP contribution >= 0.6 is 0 Å². The van der Waals surface area contributed by atoms with Crippen molar-refractivity contribution in [3.8, 4) is 0 Å². The molecule has 1 saturated carbocycles. The molecule has 2 N–H and O–H groups in total. The maximum Gasteiger partial charge on any atom is 0.329 e. The number of hydrogen-bond acceptors (Lipinski definition) is 2. The van der Waals surface area contributed by atoms with E-state index in [0.29, 0.717) is 25.9 Å². The van der Waals surface area contributed by atoms with Crippen molar-refractivity contribution in [3.63, 3.8) is 0 Å². The van der Waals surface area contributed by atoms with E-state index >= 15 is 0 Å². The maximum atomic E-state index is 12.0. The molecule has 1 heterocycles. The summed E-state index contributed by atoms with van der Waals surface area (Å²) in [4.78, 5) is 24.8. The molecule has 0 radical (unpaired) electrons. The second-order valence-electron chi connectivity index (χ2n) is 6.49. The van der Waals surface area contributed by atoms with E-state index in [0.717, 1.165) is 6.42 Å². The van der Waals surface area contributed by atoms with Gasteiger partial charge in [0, 0.05) is 13.1 Å². The highest BCUT2D eigenvalue weighted by molar-refractivity contribution is 5.89. The summed E-state index contributed by atoms with van der Waals surface area (Å²) in [6, 6.07) is -0.260. The van der Waals surface area contributed by atoms with E-state index in [1.807, 2.05) is 0 Å². The molecule has 2 rings (SSSR count). The lowest BCUT2D eigenvalue weighted by Gasteiger charge is -2.32. The Labute approximate surface area is 113 Å². The predicted molar refractivity (Wildman–Crippen MR) is 71.9 cm³/mol. The van der Waals surface area contributed by atoms with Crippen molar-refractivity contribution in [2.75, 3.05) is 13.1 Å². The van der Waals surface area contributed by atoms with Gasteiger partial charge in [0.2, 0.25) is 0 Å². The van der Waals surface area contributed by atoms with Gasteiger partial charge in [-0.15, -0.1) is 0 Å². The predicted octanol–water partition coefficient (Wildman–Crippen LogP) is 1.99. The van der Waals surface area contributed by atoms with Gasteiger partial charge in [0.15, 0.2) is 0 Å². The monoisotopic (exact) mass is 266 g/mol. The van der Waals surface area contributed by atoms with Crippen LogP contribution in [0.4, 0.5) is 4.79 Å². The standard InChI is InChI=1S/C14H22N2O3/c1-13(2,3)10-4-8-16(9-5-10)12(19)15-14(6-7-14)11(17)18/h4H,5-9H2,1-3H3,(H,15,19)(H,17,18). The minimum atomic E-state index is -0.995. The van der Waals surface area contributed by atoms with Gasteiger partial charge in [-0.1, -0.05) is 32.4 Å². The van der Waals surface area contributed by atoms with Crippen LogP contribution in [0.2, 0.25) is 0 Å². The molecule has 0 saturated heterocycles. The van der Waals surface area contributed by atoms with Gasteiger partial charge < -0.3 is 15.3 Å². The summed E-state index contributed by atoms with van der Waals surface area (Å²) < 4.78 is 0. The minimum absolute atomic E-state index is 0.140. The number of nitrogens with zero attached hydrogens (tertiary/aromatic N) is 1. The van der Waals surface area contributed by atoms with Gasteiger partial charge in [0.1, 0.15) is 5.54 Å². The Bertz CT molecular complexity index is 430. The minimum Gasteiger partial charge on any atom is -0.480 e. The molecule has 2 aliphatic rings. The lowest BCUT2D eigenvalue weighted by Crippen LogP contribution is -2.50. The summed E-state index contributed by atoms with van der Waals surface area (Å²) in [6.45, 7) is 7.72. The molecule has 0 atom stereocenters. The number of carboxylic acids is 1. The number of carbonyl (C=O) groups excluding carboxylic acids is 1. The van der Waals surface area contributed by atoms with E-state index in [4.69, 9.17) is 5.11 Å². The molecule has 2 amide bonds. The highest BCUT2D eigenvalue weighted by Gasteiger charge is 2.52. The average molecular weight is 266 g/mol. The van der Waals surface area contributed by atoms with Gasteiger partial charge in [-0.05, 0) is 24.7 Å². The quantitative estimate of drug-likeness (QED) is 0.751. The molecule has 19 heavy (non-hydrogen) atoms. The Morgan fingerprint density at radius 2 is 2.00 bits per heavy atom. The molecule has 5 heteroatoms. The highest BCUT2D eigenvalue weighted by atomic mass is 16.4. The molecule has 0 aromatic carbocycles. The Morgan fingerprint density at radius 1 is 1.37 bits per heavy atom. The zero-order chi connectivity index (χ0) is 14.3. The third kappa shape index (κ3) is 2.91. The number of rotatable bonds is 2. The van der Waals surface area contributed by atoms with Crippen molar-refractivity contribution in [1.82, 2.24) is 10.2 Å². The molecular weight excluding hydrogens is 244 g/mol. The smallest absolute Gasteiger partial charge is 0.329 e. The first kappa shape index (κ1) is 13.9. The van der Waals surface area contributed by atoms with E-state index in [-0.39, 0.29) is 11.4 Å². The second-order valence-corrected chi connectivity index (χ2v) is 6.49. The fraction of sp³-hybridized carbons (Fsp3) is 0.714. The van der Waals surface area contributed by atoms with Crippen molar-refractivity contribution in [2.24, 2.45) is 5.41 Å². The third-order valence-electron chi connectivity index (χ3n) is 3.97. The average Bonchev–Trinajstić information content (AvgIpc) is 3.09. The van der Waals surface area contributed by atoms with Crippen LogP contribution in [0.3, 0.4) is 0 Å².